The predicted octanol–water partition coefficient (Wildman–Crippen LogP) is -0.775. The normalized spacial score (nSPS) is 12.2. The van der Waals surface area contributed by atoms with Crippen molar-refractivity contribution in [2.75, 3.05) is 19.6 Å². The third-order valence-electron chi connectivity index (χ3n) is 1.41. The summed E-state index contributed by atoms with van der Waals surface area (Å²) in [6, 6.07) is -0.187. The molecule has 1 atom stereocenters. The predicted molar refractivity (Wildman–Crippen MR) is 49.7 cm³/mol. The molecule has 0 aromatic carbocycles. The van der Waals surface area contributed by atoms with Crippen LogP contribution >= 0.6 is 0 Å². The zero-order valence-electron chi connectivity index (χ0n) is 7.47. The molecule has 0 aromatic heterocycles. The van der Waals surface area contributed by atoms with Gasteiger partial charge >= 0.3 is 0 Å². The second kappa shape index (κ2) is 6.82. The standard InChI is InChI=1S/C8H17N3O/c1-3-5-11-8(12)7(2)10-6-4-9/h3,7,10H,1,4-6,9H2,2H3,(H,11,12). The van der Waals surface area contributed by atoms with Gasteiger partial charge in [0.2, 0.25) is 5.91 Å². The molecular weight excluding hydrogens is 154 g/mol. The van der Waals surface area contributed by atoms with Crippen LogP contribution in [0.15, 0.2) is 12.7 Å². The number of carbonyl (C=O) groups excluding carboxylic acids is 1. The Balaban J connectivity index is 3.53. The number of nitrogens with two attached hydrogens (primary N) is 1. The molecule has 1 unspecified atom stereocenters. The van der Waals surface area contributed by atoms with E-state index >= 15 is 0 Å². The highest BCUT2D eigenvalue weighted by Crippen LogP contribution is 1.79. The fraction of sp³-hybridized carbons (Fsp3) is 0.625. The highest BCUT2D eigenvalue weighted by molar-refractivity contribution is 5.81. The van der Waals surface area contributed by atoms with Crippen molar-refractivity contribution in [3.05, 3.63) is 12.7 Å². The lowest BCUT2D eigenvalue weighted by Crippen LogP contribution is -2.43. The molecule has 4 heteroatoms. The number of nitrogens with one attached hydrogen (secondary N) is 2. The Morgan fingerprint density at radius 3 is 2.92 bits per heavy atom. The zero-order chi connectivity index (χ0) is 9.40. The average molecular weight is 171 g/mol. The van der Waals surface area contributed by atoms with Gasteiger partial charge in [-0.05, 0) is 6.92 Å². The van der Waals surface area contributed by atoms with Gasteiger partial charge in [0, 0.05) is 19.6 Å². The van der Waals surface area contributed by atoms with Gasteiger partial charge in [-0.1, -0.05) is 6.08 Å². The van der Waals surface area contributed by atoms with Gasteiger partial charge in [0.15, 0.2) is 0 Å². The summed E-state index contributed by atoms with van der Waals surface area (Å²) in [7, 11) is 0. The van der Waals surface area contributed by atoms with E-state index in [0.29, 0.717) is 19.6 Å². The lowest BCUT2D eigenvalue weighted by molar-refractivity contribution is -0.122. The van der Waals surface area contributed by atoms with E-state index in [2.05, 4.69) is 17.2 Å². The largest absolute Gasteiger partial charge is 0.351 e. The van der Waals surface area contributed by atoms with Gasteiger partial charge in [-0.25, -0.2) is 0 Å². The maximum atomic E-state index is 11.1. The lowest BCUT2D eigenvalue weighted by atomic mass is 10.3. The summed E-state index contributed by atoms with van der Waals surface area (Å²) in [5, 5.41) is 5.65. The number of hydrogen-bond acceptors (Lipinski definition) is 3. The Labute approximate surface area is 73.2 Å². The summed E-state index contributed by atoms with van der Waals surface area (Å²) in [5.74, 6) is -0.0247. The van der Waals surface area contributed by atoms with Crippen molar-refractivity contribution >= 4 is 5.91 Å². The quantitative estimate of drug-likeness (QED) is 0.459. The van der Waals surface area contributed by atoms with Crippen molar-refractivity contribution in [2.24, 2.45) is 5.73 Å². The van der Waals surface area contributed by atoms with Crippen molar-refractivity contribution in [1.29, 1.82) is 0 Å². The van der Waals surface area contributed by atoms with Gasteiger partial charge in [0.1, 0.15) is 0 Å². The Morgan fingerprint density at radius 2 is 2.42 bits per heavy atom. The van der Waals surface area contributed by atoms with Crippen LogP contribution < -0.4 is 16.4 Å². The molecule has 4 nitrogen and oxygen atoms in total. The van der Waals surface area contributed by atoms with Gasteiger partial charge < -0.3 is 16.4 Å². The van der Waals surface area contributed by atoms with Crippen LogP contribution in [0.25, 0.3) is 0 Å². The Hall–Kier alpha value is -0.870. The third kappa shape index (κ3) is 4.87. The average Bonchev–Trinajstić information content (AvgIpc) is 2.10. The van der Waals surface area contributed by atoms with Gasteiger partial charge in [0.05, 0.1) is 6.04 Å². The molecule has 0 rings (SSSR count). The molecule has 1 amide bonds. The smallest absolute Gasteiger partial charge is 0.237 e. The maximum Gasteiger partial charge on any atom is 0.237 e. The van der Waals surface area contributed by atoms with Crippen LogP contribution in [-0.4, -0.2) is 31.6 Å². The first-order chi connectivity index (χ1) is 5.72. The highest BCUT2D eigenvalue weighted by Gasteiger charge is 2.08. The molecule has 0 aliphatic heterocycles. The molecule has 0 heterocycles. The molecular formula is C8H17N3O. The Morgan fingerprint density at radius 1 is 1.75 bits per heavy atom. The molecule has 0 radical (unpaired) electrons. The van der Waals surface area contributed by atoms with E-state index in [4.69, 9.17) is 5.73 Å². The van der Waals surface area contributed by atoms with Gasteiger partial charge in [-0.15, -0.1) is 6.58 Å². The molecule has 0 saturated carbocycles. The van der Waals surface area contributed by atoms with Crippen LogP contribution in [0.2, 0.25) is 0 Å². The summed E-state index contributed by atoms with van der Waals surface area (Å²) < 4.78 is 0. The third-order valence-corrected chi connectivity index (χ3v) is 1.41. The Bertz CT molecular complexity index is 147. The maximum absolute atomic E-state index is 11.1. The minimum absolute atomic E-state index is 0.0247. The first kappa shape index (κ1) is 11.1. The van der Waals surface area contributed by atoms with Crippen molar-refractivity contribution in [1.82, 2.24) is 10.6 Å². The number of hydrogen-bond donors (Lipinski definition) is 3. The van der Waals surface area contributed by atoms with E-state index in [-0.39, 0.29) is 11.9 Å². The van der Waals surface area contributed by atoms with Crippen molar-refractivity contribution in [3.8, 4) is 0 Å². The van der Waals surface area contributed by atoms with E-state index in [1.807, 2.05) is 0 Å². The van der Waals surface area contributed by atoms with E-state index < -0.39 is 0 Å². The summed E-state index contributed by atoms with van der Waals surface area (Å²) in [5.41, 5.74) is 5.27. The van der Waals surface area contributed by atoms with E-state index in [1.165, 1.54) is 0 Å². The van der Waals surface area contributed by atoms with Crippen molar-refractivity contribution < 1.29 is 4.79 Å². The highest BCUT2D eigenvalue weighted by atomic mass is 16.2. The Kier molecular flexibility index (Phi) is 6.32. The molecule has 12 heavy (non-hydrogen) atoms. The first-order valence-electron chi connectivity index (χ1n) is 4.04. The molecule has 0 spiro atoms. The fourth-order valence-corrected chi connectivity index (χ4v) is 0.718. The van der Waals surface area contributed by atoms with Gasteiger partial charge in [-0.2, -0.15) is 0 Å². The SMILES string of the molecule is C=CCNC(=O)C(C)NCCN. The van der Waals surface area contributed by atoms with Crippen molar-refractivity contribution in [3.63, 3.8) is 0 Å². The minimum Gasteiger partial charge on any atom is -0.351 e. The van der Waals surface area contributed by atoms with Crippen LogP contribution in [0.4, 0.5) is 0 Å². The fourth-order valence-electron chi connectivity index (χ4n) is 0.718. The summed E-state index contributed by atoms with van der Waals surface area (Å²) in [4.78, 5) is 11.1. The van der Waals surface area contributed by atoms with Crippen LogP contribution in [-0.2, 0) is 4.79 Å². The molecule has 0 aromatic rings. The molecule has 0 aliphatic rings. The molecule has 0 saturated heterocycles. The lowest BCUT2D eigenvalue weighted by Gasteiger charge is -2.11. The topological polar surface area (TPSA) is 67.2 Å². The first-order valence-corrected chi connectivity index (χ1v) is 4.04. The molecule has 4 N–H and O–H groups in total. The van der Waals surface area contributed by atoms with Gasteiger partial charge in [0.25, 0.3) is 0 Å². The molecule has 0 fully saturated rings. The van der Waals surface area contributed by atoms with E-state index in [0.717, 1.165) is 0 Å². The summed E-state index contributed by atoms with van der Waals surface area (Å²) in [6.07, 6.45) is 1.65. The number of carbonyl (C=O) groups is 1. The second-order valence-electron chi connectivity index (χ2n) is 2.50. The van der Waals surface area contributed by atoms with Crippen LogP contribution in [0.1, 0.15) is 6.92 Å². The van der Waals surface area contributed by atoms with E-state index in [1.54, 1.807) is 13.0 Å². The molecule has 0 bridgehead atoms. The van der Waals surface area contributed by atoms with Crippen LogP contribution in [0.5, 0.6) is 0 Å². The second-order valence-corrected chi connectivity index (χ2v) is 2.50. The summed E-state index contributed by atoms with van der Waals surface area (Å²) >= 11 is 0. The number of rotatable bonds is 6. The van der Waals surface area contributed by atoms with Crippen LogP contribution in [0.3, 0.4) is 0 Å². The monoisotopic (exact) mass is 171 g/mol. The number of amides is 1. The minimum atomic E-state index is -0.187. The van der Waals surface area contributed by atoms with Gasteiger partial charge in [-0.3, -0.25) is 4.79 Å². The van der Waals surface area contributed by atoms with Crippen LogP contribution in [0, 0.1) is 0 Å². The van der Waals surface area contributed by atoms with Crippen molar-refractivity contribution in [2.45, 2.75) is 13.0 Å². The van der Waals surface area contributed by atoms with E-state index in [9.17, 15) is 4.79 Å². The molecule has 70 valence electrons. The summed E-state index contributed by atoms with van der Waals surface area (Å²) in [6.45, 7) is 7.00. The zero-order valence-corrected chi connectivity index (χ0v) is 7.47. The molecule has 0 aliphatic carbocycles.